The van der Waals surface area contributed by atoms with Crippen LogP contribution in [0.4, 0.5) is 0 Å². The molecule has 0 aromatic carbocycles. The average Bonchev–Trinajstić information content (AvgIpc) is 3.53. The van der Waals surface area contributed by atoms with Gasteiger partial charge in [-0.1, -0.05) is 64.7 Å². The molecule has 198 valence electrons. The van der Waals surface area contributed by atoms with Crippen molar-refractivity contribution in [1.82, 2.24) is 20.1 Å². The van der Waals surface area contributed by atoms with Crippen molar-refractivity contribution in [3.8, 4) is 0 Å². The average molecular weight is 507 g/mol. The van der Waals surface area contributed by atoms with Gasteiger partial charge >= 0.3 is 0 Å². The van der Waals surface area contributed by atoms with E-state index < -0.39 is 0 Å². The summed E-state index contributed by atoms with van der Waals surface area (Å²) < 4.78 is 0. The number of likely N-dealkylation sites (tertiary alicyclic amines) is 2. The van der Waals surface area contributed by atoms with E-state index >= 15 is 0 Å². The Hall–Kier alpha value is -1.66. The first kappa shape index (κ1) is 29.6. The van der Waals surface area contributed by atoms with Gasteiger partial charge in [0, 0.05) is 32.0 Å². The van der Waals surface area contributed by atoms with E-state index in [4.69, 9.17) is 0 Å². The number of aromatic nitrogens is 1. The van der Waals surface area contributed by atoms with Crippen molar-refractivity contribution in [2.45, 2.75) is 115 Å². The summed E-state index contributed by atoms with van der Waals surface area (Å²) in [5, 5.41) is 3.12. The van der Waals surface area contributed by atoms with E-state index in [1.807, 2.05) is 17.0 Å². The molecule has 35 heavy (non-hydrogen) atoms. The zero-order chi connectivity index (χ0) is 24.0. The molecule has 1 aromatic rings. The largest absolute Gasteiger partial charge is 0.354 e. The Labute approximate surface area is 219 Å². The van der Waals surface area contributed by atoms with Gasteiger partial charge < -0.3 is 10.2 Å². The van der Waals surface area contributed by atoms with Crippen LogP contribution in [0, 0.1) is 0 Å². The summed E-state index contributed by atoms with van der Waals surface area (Å²) in [6.07, 6.45) is 20.1. The number of nitrogens with zero attached hydrogens (tertiary/aromatic N) is 3. The van der Waals surface area contributed by atoms with Gasteiger partial charge in [0.1, 0.15) is 6.04 Å². The van der Waals surface area contributed by atoms with Gasteiger partial charge in [0.25, 0.3) is 0 Å². The molecule has 6 nitrogen and oxygen atoms in total. The lowest BCUT2D eigenvalue weighted by Crippen LogP contribution is -2.51. The number of carbonyl (C=O) groups is 2. The molecule has 0 spiro atoms. The summed E-state index contributed by atoms with van der Waals surface area (Å²) in [4.78, 5) is 34.5. The van der Waals surface area contributed by atoms with E-state index in [0.29, 0.717) is 6.54 Å². The predicted octanol–water partition coefficient (Wildman–Crippen LogP) is 5.50. The third kappa shape index (κ3) is 9.72. The zero-order valence-corrected chi connectivity index (χ0v) is 22.6. The Balaban J connectivity index is 0.00000432. The summed E-state index contributed by atoms with van der Waals surface area (Å²) in [6.45, 7) is 5.39. The van der Waals surface area contributed by atoms with Gasteiger partial charge in [-0.15, -0.1) is 12.4 Å². The minimum Gasteiger partial charge on any atom is -0.354 e. The molecule has 2 saturated heterocycles. The second kappa shape index (κ2) is 16.9. The standard InChI is InChI=1S/C28H46N4O2.ClH/c1-2-3-4-5-6-7-8-9-10-11-18-30-27(33)25-14-13-22-32(25)28(34)26-15-12-21-31(26)23-24-16-19-29-20-17-24;/h16-17,19-20,25-26H,2-15,18,21-23H2,1H3,(H,30,33);1H. The van der Waals surface area contributed by atoms with Crippen molar-refractivity contribution in [2.24, 2.45) is 0 Å². The fourth-order valence-corrected chi connectivity index (χ4v) is 5.45. The van der Waals surface area contributed by atoms with E-state index in [1.54, 1.807) is 12.4 Å². The topological polar surface area (TPSA) is 65.5 Å². The Kier molecular flexibility index (Phi) is 14.3. The highest BCUT2D eigenvalue weighted by Gasteiger charge is 2.40. The van der Waals surface area contributed by atoms with Crippen LogP contribution in [0.15, 0.2) is 24.5 Å². The first-order chi connectivity index (χ1) is 16.7. The van der Waals surface area contributed by atoms with Crippen molar-refractivity contribution < 1.29 is 9.59 Å². The molecule has 0 radical (unpaired) electrons. The normalized spacial score (nSPS) is 20.1. The first-order valence-electron chi connectivity index (χ1n) is 13.9. The van der Waals surface area contributed by atoms with Crippen molar-refractivity contribution in [3.63, 3.8) is 0 Å². The molecule has 3 heterocycles. The fourth-order valence-electron chi connectivity index (χ4n) is 5.45. The monoisotopic (exact) mass is 506 g/mol. The molecular weight excluding hydrogens is 460 g/mol. The van der Waals surface area contributed by atoms with Crippen LogP contribution in [0.5, 0.6) is 0 Å². The minimum atomic E-state index is -0.293. The lowest BCUT2D eigenvalue weighted by molar-refractivity contribution is -0.142. The van der Waals surface area contributed by atoms with Gasteiger partial charge in [0.2, 0.25) is 11.8 Å². The molecule has 2 aliphatic heterocycles. The van der Waals surface area contributed by atoms with Crippen LogP contribution in [-0.4, -0.2) is 58.3 Å². The molecule has 0 saturated carbocycles. The van der Waals surface area contributed by atoms with Gasteiger partial charge in [-0.3, -0.25) is 19.5 Å². The second-order valence-electron chi connectivity index (χ2n) is 10.1. The summed E-state index contributed by atoms with van der Waals surface area (Å²) in [5.74, 6) is 0.184. The molecule has 7 heteroatoms. The van der Waals surface area contributed by atoms with Gasteiger partial charge in [-0.25, -0.2) is 0 Å². The molecule has 2 amide bonds. The highest BCUT2D eigenvalue weighted by molar-refractivity contribution is 5.90. The maximum Gasteiger partial charge on any atom is 0.242 e. The summed E-state index contributed by atoms with van der Waals surface area (Å²) in [5.41, 5.74) is 1.18. The number of hydrogen-bond donors (Lipinski definition) is 1. The quantitative estimate of drug-likeness (QED) is 0.319. The van der Waals surface area contributed by atoms with Gasteiger partial charge in [-0.2, -0.15) is 0 Å². The fraction of sp³-hybridized carbons (Fsp3) is 0.750. The van der Waals surface area contributed by atoms with E-state index in [0.717, 1.165) is 51.7 Å². The van der Waals surface area contributed by atoms with E-state index in [-0.39, 0.29) is 36.3 Å². The van der Waals surface area contributed by atoms with E-state index in [1.165, 1.54) is 63.4 Å². The number of nitrogens with one attached hydrogen (secondary N) is 1. The number of amides is 2. The van der Waals surface area contributed by atoms with Gasteiger partial charge in [-0.05, 0) is 56.3 Å². The number of carbonyl (C=O) groups excluding carboxylic acids is 2. The summed E-state index contributed by atoms with van der Waals surface area (Å²) >= 11 is 0. The SMILES string of the molecule is CCCCCCCCCCCCNC(=O)C1CCCN1C(=O)C1CCCN1Cc1ccncc1.Cl. The first-order valence-corrected chi connectivity index (χ1v) is 13.9. The molecule has 0 bridgehead atoms. The van der Waals surface area contributed by atoms with Crippen LogP contribution in [0.3, 0.4) is 0 Å². The third-order valence-corrected chi connectivity index (χ3v) is 7.45. The minimum absolute atomic E-state index is 0. The lowest BCUT2D eigenvalue weighted by Gasteiger charge is -2.31. The second-order valence-corrected chi connectivity index (χ2v) is 10.1. The smallest absolute Gasteiger partial charge is 0.242 e. The molecule has 1 N–H and O–H groups in total. The number of pyridine rings is 1. The van der Waals surface area contributed by atoms with Crippen LogP contribution in [0.1, 0.15) is 102 Å². The highest BCUT2D eigenvalue weighted by Crippen LogP contribution is 2.26. The van der Waals surface area contributed by atoms with Crippen molar-refractivity contribution in [1.29, 1.82) is 0 Å². The van der Waals surface area contributed by atoms with Crippen LogP contribution >= 0.6 is 12.4 Å². The predicted molar refractivity (Wildman–Crippen MR) is 145 cm³/mol. The lowest BCUT2D eigenvalue weighted by atomic mass is 10.1. The molecule has 2 aliphatic rings. The molecule has 2 fully saturated rings. The number of rotatable bonds is 15. The number of unbranched alkanes of at least 4 members (excludes halogenated alkanes) is 9. The Morgan fingerprint density at radius 1 is 0.886 bits per heavy atom. The van der Waals surface area contributed by atoms with Crippen molar-refractivity contribution in [2.75, 3.05) is 19.6 Å². The van der Waals surface area contributed by atoms with Gasteiger partial charge in [0.05, 0.1) is 6.04 Å². The van der Waals surface area contributed by atoms with Gasteiger partial charge in [0.15, 0.2) is 0 Å². The van der Waals surface area contributed by atoms with Crippen molar-refractivity contribution >= 4 is 24.2 Å². The molecule has 0 aliphatic carbocycles. The molecule has 2 unspecified atom stereocenters. The van der Waals surface area contributed by atoms with Crippen LogP contribution in [-0.2, 0) is 16.1 Å². The molecule has 3 rings (SSSR count). The van der Waals surface area contributed by atoms with Crippen molar-refractivity contribution in [3.05, 3.63) is 30.1 Å². The van der Waals surface area contributed by atoms with Crippen LogP contribution in [0.2, 0.25) is 0 Å². The zero-order valence-electron chi connectivity index (χ0n) is 21.8. The van der Waals surface area contributed by atoms with E-state index in [9.17, 15) is 9.59 Å². The summed E-state index contributed by atoms with van der Waals surface area (Å²) in [6, 6.07) is 3.63. The Morgan fingerprint density at radius 3 is 2.17 bits per heavy atom. The Bertz CT molecular complexity index is 733. The number of hydrogen-bond acceptors (Lipinski definition) is 4. The molecule has 1 aromatic heterocycles. The van der Waals surface area contributed by atoms with Crippen LogP contribution in [0.25, 0.3) is 0 Å². The number of halogens is 1. The molecular formula is C28H47ClN4O2. The Morgan fingerprint density at radius 2 is 1.49 bits per heavy atom. The maximum atomic E-state index is 13.4. The molecule has 2 atom stereocenters. The maximum absolute atomic E-state index is 13.4. The third-order valence-electron chi connectivity index (χ3n) is 7.45. The van der Waals surface area contributed by atoms with Crippen LogP contribution < -0.4 is 5.32 Å². The van der Waals surface area contributed by atoms with E-state index in [2.05, 4.69) is 22.1 Å². The highest BCUT2D eigenvalue weighted by atomic mass is 35.5. The summed E-state index contributed by atoms with van der Waals surface area (Å²) in [7, 11) is 0.